The highest BCUT2D eigenvalue weighted by Crippen LogP contribution is 2.33. The molecule has 0 heterocycles. The van der Waals surface area contributed by atoms with E-state index in [1.54, 1.807) is 12.1 Å². The minimum absolute atomic E-state index is 0.195. The summed E-state index contributed by atoms with van der Waals surface area (Å²) in [5.74, 6) is -0.195. The Labute approximate surface area is 145 Å². The van der Waals surface area contributed by atoms with Crippen LogP contribution in [0.25, 0.3) is 0 Å². The molecular weight excluding hydrogens is 419 g/mol. The zero-order valence-electron chi connectivity index (χ0n) is 11.5. The molecule has 0 bridgehead atoms. The molecule has 2 aromatic carbocycles. The molecule has 0 aliphatic rings. The van der Waals surface area contributed by atoms with Gasteiger partial charge in [0, 0.05) is 23.0 Å². The predicted octanol–water partition coefficient (Wildman–Crippen LogP) is 5.18. The van der Waals surface area contributed by atoms with Gasteiger partial charge in [0.05, 0.1) is 22.0 Å². The maximum atomic E-state index is 12.4. The number of anilines is 2. The number of nitrogens with one attached hydrogen (secondary N) is 1. The van der Waals surface area contributed by atoms with E-state index >= 15 is 0 Å². The van der Waals surface area contributed by atoms with Crippen molar-refractivity contribution in [3.63, 3.8) is 0 Å². The summed E-state index contributed by atoms with van der Waals surface area (Å²) < 4.78 is 1.63. The lowest BCUT2D eigenvalue weighted by molar-refractivity contribution is 0.102. The third kappa shape index (κ3) is 3.78. The number of rotatable bonds is 3. The molecule has 1 N–H and O–H groups in total. The van der Waals surface area contributed by atoms with Crippen LogP contribution in [0.15, 0.2) is 45.3 Å². The van der Waals surface area contributed by atoms with Gasteiger partial charge in [0.2, 0.25) is 0 Å². The van der Waals surface area contributed by atoms with Crippen LogP contribution in [0.1, 0.15) is 10.4 Å². The predicted molar refractivity (Wildman–Crippen MR) is 95.6 cm³/mol. The van der Waals surface area contributed by atoms with Crippen LogP contribution in [-0.4, -0.2) is 20.0 Å². The van der Waals surface area contributed by atoms with E-state index in [2.05, 4.69) is 37.2 Å². The van der Waals surface area contributed by atoms with Crippen LogP contribution < -0.4 is 10.2 Å². The molecule has 0 unspecified atom stereocenters. The van der Waals surface area contributed by atoms with Crippen molar-refractivity contribution in [3.05, 3.63) is 55.9 Å². The van der Waals surface area contributed by atoms with Crippen LogP contribution in [0.2, 0.25) is 5.02 Å². The Morgan fingerprint density at radius 3 is 2.52 bits per heavy atom. The van der Waals surface area contributed by atoms with Crippen molar-refractivity contribution in [2.75, 3.05) is 24.3 Å². The fourth-order valence-electron chi connectivity index (χ4n) is 1.93. The average molecular weight is 433 g/mol. The van der Waals surface area contributed by atoms with Crippen molar-refractivity contribution in [2.45, 2.75) is 0 Å². The molecule has 0 saturated carbocycles. The van der Waals surface area contributed by atoms with Gasteiger partial charge < -0.3 is 10.2 Å². The van der Waals surface area contributed by atoms with Crippen molar-refractivity contribution in [1.29, 1.82) is 0 Å². The highest BCUT2D eigenvalue weighted by atomic mass is 79.9. The summed E-state index contributed by atoms with van der Waals surface area (Å²) in [6.45, 7) is 0. The van der Waals surface area contributed by atoms with Gasteiger partial charge in [0.25, 0.3) is 5.91 Å². The van der Waals surface area contributed by atoms with Crippen molar-refractivity contribution in [2.24, 2.45) is 0 Å². The van der Waals surface area contributed by atoms with E-state index in [0.29, 0.717) is 16.3 Å². The molecule has 0 atom stereocenters. The molecule has 2 rings (SSSR count). The van der Waals surface area contributed by atoms with E-state index in [4.69, 9.17) is 11.6 Å². The normalized spacial score (nSPS) is 10.3. The number of halogens is 3. The highest BCUT2D eigenvalue weighted by Gasteiger charge is 2.15. The van der Waals surface area contributed by atoms with Crippen LogP contribution in [-0.2, 0) is 0 Å². The number of amides is 1. The molecule has 0 aliphatic heterocycles. The summed E-state index contributed by atoms with van der Waals surface area (Å²) in [5.41, 5.74) is 2.01. The molecule has 1 amide bonds. The Morgan fingerprint density at radius 1 is 1.19 bits per heavy atom. The lowest BCUT2D eigenvalue weighted by atomic mass is 10.2. The minimum Gasteiger partial charge on any atom is -0.375 e. The quantitative estimate of drug-likeness (QED) is 0.725. The topological polar surface area (TPSA) is 32.3 Å². The van der Waals surface area contributed by atoms with Gasteiger partial charge in [0.15, 0.2) is 0 Å². The first-order valence-corrected chi connectivity index (χ1v) is 8.09. The summed E-state index contributed by atoms with van der Waals surface area (Å²) in [7, 11) is 3.76. The second kappa shape index (κ2) is 6.81. The Balaban J connectivity index is 2.34. The third-order valence-corrected chi connectivity index (χ3v) is 4.31. The highest BCUT2D eigenvalue weighted by molar-refractivity contribution is 9.11. The number of nitrogens with zero attached hydrogens (tertiary/aromatic N) is 1. The van der Waals surface area contributed by atoms with E-state index in [1.807, 2.05) is 43.3 Å². The maximum Gasteiger partial charge on any atom is 0.256 e. The Kier molecular flexibility index (Phi) is 5.30. The first kappa shape index (κ1) is 16.3. The number of hydrogen-bond acceptors (Lipinski definition) is 2. The van der Waals surface area contributed by atoms with Crippen molar-refractivity contribution < 1.29 is 4.79 Å². The molecule has 21 heavy (non-hydrogen) atoms. The smallest absolute Gasteiger partial charge is 0.256 e. The molecule has 0 saturated heterocycles. The molecule has 0 aromatic heterocycles. The Morgan fingerprint density at radius 2 is 1.90 bits per heavy atom. The van der Waals surface area contributed by atoms with Gasteiger partial charge in [-0.2, -0.15) is 0 Å². The molecule has 0 radical (unpaired) electrons. The van der Waals surface area contributed by atoms with Gasteiger partial charge in [-0.1, -0.05) is 33.6 Å². The number of para-hydroxylation sites is 1. The largest absolute Gasteiger partial charge is 0.375 e. The Hall–Kier alpha value is -1.04. The van der Waals surface area contributed by atoms with Crippen LogP contribution in [0, 0.1) is 0 Å². The SMILES string of the molecule is CN(C)c1c(Cl)cccc1NC(=O)c1ccc(Br)cc1Br. The zero-order chi connectivity index (χ0) is 15.6. The lowest BCUT2D eigenvalue weighted by Gasteiger charge is -2.19. The van der Waals surface area contributed by atoms with Crippen molar-refractivity contribution in [3.8, 4) is 0 Å². The number of carbonyl (C=O) groups excluding carboxylic acids is 1. The van der Waals surface area contributed by atoms with Crippen LogP contribution in [0.4, 0.5) is 11.4 Å². The number of benzene rings is 2. The molecule has 0 fully saturated rings. The van der Waals surface area contributed by atoms with Gasteiger partial charge in [-0.25, -0.2) is 0 Å². The molecule has 2 aromatic rings. The van der Waals surface area contributed by atoms with Crippen LogP contribution >= 0.6 is 43.5 Å². The number of hydrogen-bond donors (Lipinski definition) is 1. The van der Waals surface area contributed by atoms with Crippen molar-refractivity contribution in [1.82, 2.24) is 0 Å². The van der Waals surface area contributed by atoms with E-state index in [0.717, 1.165) is 14.6 Å². The lowest BCUT2D eigenvalue weighted by Crippen LogP contribution is -2.17. The fraction of sp³-hybridized carbons (Fsp3) is 0.133. The third-order valence-electron chi connectivity index (χ3n) is 2.86. The summed E-state index contributed by atoms with van der Waals surface area (Å²) in [6.07, 6.45) is 0. The second-order valence-corrected chi connectivity index (χ2v) is 6.79. The van der Waals surface area contributed by atoms with Crippen LogP contribution in [0.5, 0.6) is 0 Å². The van der Waals surface area contributed by atoms with Gasteiger partial charge in [-0.3, -0.25) is 4.79 Å². The van der Waals surface area contributed by atoms with Gasteiger partial charge in [0.1, 0.15) is 0 Å². The number of carbonyl (C=O) groups is 1. The van der Waals surface area contributed by atoms with E-state index in [-0.39, 0.29) is 5.91 Å². The summed E-state index contributed by atoms with van der Waals surface area (Å²) >= 11 is 13.0. The molecular formula is C15H13Br2ClN2O. The van der Waals surface area contributed by atoms with Gasteiger partial charge in [-0.15, -0.1) is 0 Å². The van der Waals surface area contributed by atoms with Gasteiger partial charge in [-0.05, 0) is 46.3 Å². The summed E-state index contributed by atoms with van der Waals surface area (Å²) in [6, 6.07) is 10.8. The average Bonchev–Trinajstić information content (AvgIpc) is 2.37. The molecule has 0 spiro atoms. The Bertz CT molecular complexity index is 689. The standard InChI is InChI=1S/C15H13Br2ClN2O/c1-20(2)14-12(18)4-3-5-13(14)19-15(21)10-7-6-9(16)8-11(10)17/h3-8H,1-2H3,(H,19,21). The second-order valence-electron chi connectivity index (χ2n) is 4.61. The van der Waals surface area contributed by atoms with Crippen molar-refractivity contribution >= 4 is 60.7 Å². The molecule has 6 heteroatoms. The van der Waals surface area contributed by atoms with E-state index < -0.39 is 0 Å². The van der Waals surface area contributed by atoms with E-state index in [1.165, 1.54) is 0 Å². The molecule has 3 nitrogen and oxygen atoms in total. The first-order chi connectivity index (χ1) is 9.90. The monoisotopic (exact) mass is 430 g/mol. The summed E-state index contributed by atoms with van der Waals surface area (Å²) in [4.78, 5) is 14.3. The molecule has 110 valence electrons. The molecule has 0 aliphatic carbocycles. The maximum absolute atomic E-state index is 12.4. The zero-order valence-corrected chi connectivity index (χ0v) is 15.4. The van der Waals surface area contributed by atoms with Crippen LogP contribution in [0.3, 0.4) is 0 Å². The fourth-order valence-corrected chi connectivity index (χ4v) is 3.50. The summed E-state index contributed by atoms with van der Waals surface area (Å²) in [5, 5.41) is 3.49. The first-order valence-electron chi connectivity index (χ1n) is 6.12. The minimum atomic E-state index is -0.195. The van der Waals surface area contributed by atoms with E-state index in [9.17, 15) is 4.79 Å². The van der Waals surface area contributed by atoms with Gasteiger partial charge >= 0.3 is 0 Å².